The molecule has 1 aliphatic carbocycles. The molecule has 6 nitrogen and oxygen atoms in total. The number of fused-ring (bicyclic) bond motifs is 1. The second-order valence-electron chi connectivity index (χ2n) is 7.66. The highest BCUT2D eigenvalue weighted by Gasteiger charge is 2.32. The minimum atomic E-state index is -0.786. The van der Waals surface area contributed by atoms with E-state index in [9.17, 15) is 9.90 Å². The fraction of sp³-hybridized carbons (Fsp3) is 0.667. The number of hydrogen-bond acceptors (Lipinski definition) is 4. The Balaban J connectivity index is 1.65. The number of benzene rings is 1. The number of amides is 2. The summed E-state index contributed by atoms with van der Waals surface area (Å²) in [7, 11) is 3.19. The first kappa shape index (κ1) is 19.8. The highest BCUT2D eigenvalue weighted by Crippen LogP contribution is 2.39. The van der Waals surface area contributed by atoms with Crippen LogP contribution in [0.2, 0.25) is 0 Å². The molecule has 3 rings (SSSR count). The van der Waals surface area contributed by atoms with Crippen LogP contribution < -0.4 is 14.8 Å². The van der Waals surface area contributed by atoms with Crippen molar-refractivity contribution in [2.24, 2.45) is 5.92 Å². The lowest BCUT2D eigenvalue weighted by Crippen LogP contribution is -2.45. The zero-order valence-electron chi connectivity index (χ0n) is 16.5. The van der Waals surface area contributed by atoms with Gasteiger partial charge in [-0.1, -0.05) is 32.1 Å². The van der Waals surface area contributed by atoms with Crippen LogP contribution in [0.15, 0.2) is 12.1 Å². The molecule has 1 fully saturated rings. The predicted octanol–water partition coefficient (Wildman–Crippen LogP) is 3.62. The van der Waals surface area contributed by atoms with Gasteiger partial charge in [-0.3, -0.25) is 0 Å². The summed E-state index contributed by atoms with van der Waals surface area (Å²) in [4.78, 5) is 14.4. The third kappa shape index (κ3) is 4.67. The van der Waals surface area contributed by atoms with Gasteiger partial charge in [-0.05, 0) is 30.9 Å². The zero-order chi connectivity index (χ0) is 19.2. The number of aliphatic hydroxyl groups excluding tert-OH is 1. The number of aliphatic hydroxyl groups is 1. The minimum absolute atomic E-state index is 0.119. The fourth-order valence-corrected chi connectivity index (χ4v) is 4.32. The average molecular weight is 376 g/mol. The van der Waals surface area contributed by atoms with E-state index in [1.54, 1.807) is 25.2 Å². The maximum Gasteiger partial charge on any atom is 0.317 e. The number of carbonyl (C=O) groups excluding carboxylic acids is 1. The van der Waals surface area contributed by atoms with Crippen LogP contribution in [-0.4, -0.2) is 43.3 Å². The second-order valence-corrected chi connectivity index (χ2v) is 7.66. The Bertz CT molecular complexity index is 641. The molecule has 0 bridgehead atoms. The highest BCUT2D eigenvalue weighted by molar-refractivity contribution is 5.75. The van der Waals surface area contributed by atoms with Gasteiger partial charge < -0.3 is 24.8 Å². The predicted molar refractivity (Wildman–Crippen MR) is 104 cm³/mol. The maximum absolute atomic E-state index is 12.7. The van der Waals surface area contributed by atoms with E-state index in [1.807, 2.05) is 6.07 Å². The van der Waals surface area contributed by atoms with E-state index in [0.717, 1.165) is 11.1 Å². The van der Waals surface area contributed by atoms with Gasteiger partial charge in [-0.2, -0.15) is 0 Å². The average Bonchev–Trinajstić information content (AvgIpc) is 2.65. The third-order valence-electron chi connectivity index (χ3n) is 5.84. The Morgan fingerprint density at radius 2 is 1.74 bits per heavy atom. The number of urea groups is 1. The molecule has 0 saturated heterocycles. The summed E-state index contributed by atoms with van der Waals surface area (Å²) in [6.45, 7) is 1.38. The molecule has 0 radical (unpaired) electrons. The Labute approximate surface area is 161 Å². The van der Waals surface area contributed by atoms with Crippen LogP contribution in [0.4, 0.5) is 4.79 Å². The summed E-state index contributed by atoms with van der Waals surface area (Å²) in [5.41, 5.74) is 1.54. The summed E-state index contributed by atoms with van der Waals surface area (Å²) >= 11 is 0. The van der Waals surface area contributed by atoms with Crippen LogP contribution in [0.1, 0.15) is 62.2 Å². The van der Waals surface area contributed by atoms with Gasteiger partial charge in [0, 0.05) is 17.7 Å². The molecular formula is C21H32N2O4. The number of carbonyl (C=O) groups is 1. The number of ether oxygens (including phenoxy) is 2. The molecule has 6 heteroatoms. The molecule has 2 N–H and O–H groups in total. The molecule has 0 spiro atoms. The smallest absolute Gasteiger partial charge is 0.317 e. The van der Waals surface area contributed by atoms with Crippen molar-refractivity contribution in [3.05, 3.63) is 23.3 Å². The van der Waals surface area contributed by atoms with Crippen molar-refractivity contribution >= 4 is 6.03 Å². The molecular weight excluding hydrogens is 344 g/mol. The van der Waals surface area contributed by atoms with Crippen LogP contribution >= 0.6 is 0 Å². The van der Waals surface area contributed by atoms with E-state index in [2.05, 4.69) is 5.32 Å². The van der Waals surface area contributed by atoms with E-state index in [-0.39, 0.29) is 12.6 Å². The van der Waals surface area contributed by atoms with Crippen LogP contribution in [-0.2, 0) is 6.54 Å². The number of hydrogen-bond donors (Lipinski definition) is 2. The summed E-state index contributed by atoms with van der Waals surface area (Å²) in [6.07, 6.45) is 8.07. The summed E-state index contributed by atoms with van der Waals surface area (Å²) in [5.74, 6) is 1.86. The first-order valence-corrected chi connectivity index (χ1v) is 10.1. The molecule has 1 aromatic carbocycles. The second kappa shape index (κ2) is 9.31. The minimum Gasteiger partial charge on any atom is -0.496 e. The molecule has 1 heterocycles. The van der Waals surface area contributed by atoms with Gasteiger partial charge in [0.05, 0.1) is 27.3 Å². The number of β-amino-alcohol motifs (C(OH)–C–C–N with tert-alkyl or cyclic N) is 1. The van der Waals surface area contributed by atoms with Crippen molar-refractivity contribution in [1.29, 1.82) is 0 Å². The van der Waals surface area contributed by atoms with Crippen molar-refractivity contribution in [3.8, 4) is 11.5 Å². The van der Waals surface area contributed by atoms with Crippen molar-refractivity contribution in [2.45, 2.75) is 57.6 Å². The van der Waals surface area contributed by atoms with Crippen molar-refractivity contribution in [1.82, 2.24) is 10.2 Å². The first-order valence-electron chi connectivity index (χ1n) is 10.1. The molecule has 150 valence electrons. The summed E-state index contributed by atoms with van der Waals surface area (Å²) < 4.78 is 10.8. The Kier molecular flexibility index (Phi) is 6.83. The Morgan fingerprint density at radius 1 is 1.11 bits per heavy atom. The zero-order valence-corrected chi connectivity index (χ0v) is 16.5. The lowest BCUT2D eigenvalue weighted by Gasteiger charge is -2.34. The van der Waals surface area contributed by atoms with Crippen LogP contribution in [0.25, 0.3) is 0 Å². The number of nitrogens with zero attached hydrogens (tertiary/aromatic N) is 1. The van der Waals surface area contributed by atoms with Gasteiger partial charge in [0.25, 0.3) is 0 Å². The normalized spacial score (nSPS) is 21.0. The van der Waals surface area contributed by atoms with Gasteiger partial charge in [0.1, 0.15) is 17.6 Å². The number of methoxy groups -OCH3 is 2. The summed E-state index contributed by atoms with van der Waals surface area (Å²) in [6, 6.07) is 3.50. The lowest BCUT2D eigenvalue weighted by molar-refractivity contribution is 0.1000. The molecule has 1 atom stereocenters. The fourth-order valence-electron chi connectivity index (χ4n) is 4.32. The molecule has 1 aliphatic heterocycles. The van der Waals surface area contributed by atoms with Gasteiger partial charge in [0.15, 0.2) is 0 Å². The molecule has 27 heavy (non-hydrogen) atoms. The Morgan fingerprint density at radius 3 is 2.41 bits per heavy atom. The van der Waals surface area contributed by atoms with Crippen molar-refractivity contribution < 1.29 is 19.4 Å². The standard InChI is InChI=1S/C21H32N2O4/c1-26-18-10-11-19(27-2)20-16(18)13-23(14-17(20)24)21(25)22-12-15-8-6-4-3-5-7-9-15/h10-11,15,17,24H,3-9,12-14H2,1-2H3,(H,22,25)/t17-/m1/s1. The van der Waals surface area contributed by atoms with Gasteiger partial charge in [-0.15, -0.1) is 0 Å². The highest BCUT2D eigenvalue weighted by atomic mass is 16.5. The van der Waals surface area contributed by atoms with E-state index < -0.39 is 6.10 Å². The SMILES string of the molecule is COc1ccc(OC)c2c1CN(C(=O)NCC1CCCCCCC1)C[C@H]2O. The van der Waals surface area contributed by atoms with Gasteiger partial charge in [0.2, 0.25) is 0 Å². The summed E-state index contributed by atoms with van der Waals surface area (Å²) in [5, 5.41) is 13.7. The molecule has 1 aromatic rings. The Hall–Kier alpha value is -1.95. The number of nitrogens with one attached hydrogen (secondary N) is 1. The van der Waals surface area contributed by atoms with Gasteiger partial charge >= 0.3 is 6.03 Å². The van der Waals surface area contributed by atoms with Crippen molar-refractivity contribution in [2.75, 3.05) is 27.3 Å². The largest absolute Gasteiger partial charge is 0.496 e. The first-order chi connectivity index (χ1) is 13.1. The third-order valence-corrected chi connectivity index (χ3v) is 5.84. The quantitative estimate of drug-likeness (QED) is 0.842. The topological polar surface area (TPSA) is 71.0 Å². The maximum atomic E-state index is 12.7. The van der Waals surface area contributed by atoms with Crippen LogP contribution in [0.5, 0.6) is 11.5 Å². The molecule has 0 aromatic heterocycles. The molecule has 2 amide bonds. The van der Waals surface area contributed by atoms with E-state index in [4.69, 9.17) is 9.47 Å². The van der Waals surface area contributed by atoms with Crippen LogP contribution in [0.3, 0.4) is 0 Å². The molecule has 0 unspecified atom stereocenters. The van der Waals surface area contributed by atoms with E-state index in [1.165, 1.54) is 44.9 Å². The number of rotatable bonds is 4. The van der Waals surface area contributed by atoms with E-state index >= 15 is 0 Å². The van der Waals surface area contributed by atoms with Crippen molar-refractivity contribution in [3.63, 3.8) is 0 Å². The lowest BCUT2D eigenvalue weighted by atomic mass is 9.91. The molecule has 2 aliphatic rings. The van der Waals surface area contributed by atoms with E-state index in [0.29, 0.717) is 30.5 Å². The monoisotopic (exact) mass is 376 g/mol. The van der Waals surface area contributed by atoms with Gasteiger partial charge in [-0.25, -0.2) is 4.79 Å². The molecule has 1 saturated carbocycles. The van der Waals surface area contributed by atoms with Crippen LogP contribution in [0, 0.1) is 5.92 Å².